The van der Waals surface area contributed by atoms with Crippen LogP contribution in [0.25, 0.3) is 0 Å². The molecule has 0 aliphatic carbocycles. The van der Waals surface area contributed by atoms with Gasteiger partial charge in [0.1, 0.15) is 5.82 Å². The van der Waals surface area contributed by atoms with E-state index in [1.165, 1.54) is 6.20 Å². The van der Waals surface area contributed by atoms with E-state index in [1.54, 1.807) is 19.1 Å². The lowest BCUT2D eigenvalue weighted by molar-refractivity contribution is 0.0526. The lowest BCUT2D eigenvalue weighted by Gasteiger charge is -2.08. The molecule has 23 heavy (non-hydrogen) atoms. The summed E-state index contributed by atoms with van der Waals surface area (Å²) in [6.45, 7) is 6.15. The Morgan fingerprint density at radius 2 is 1.78 bits per heavy atom. The zero-order chi connectivity index (χ0) is 16.5. The van der Waals surface area contributed by atoms with Gasteiger partial charge >= 0.3 is 5.97 Å². The summed E-state index contributed by atoms with van der Waals surface area (Å²) >= 11 is 0. The molecule has 5 heteroatoms. The van der Waals surface area contributed by atoms with Gasteiger partial charge in [-0.15, -0.1) is 0 Å². The topological polar surface area (TPSA) is 60.5 Å². The highest BCUT2D eigenvalue weighted by Gasteiger charge is 2.06. The molecule has 0 atom stereocenters. The van der Waals surface area contributed by atoms with E-state index < -0.39 is 0 Å². The highest BCUT2D eigenvalue weighted by Crippen LogP contribution is 2.10. The number of carbonyl (C=O) groups excluding carboxylic acids is 1. The van der Waals surface area contributed by atoms with Crippen LogP contribution in [-0.2, 0) is 22.6 Å². The molecule has 0 bridgehead atoms. The molecule has 2 rings (SSSR count). The summed E-state index contributed by atoms with van der Waals surface area (Å²) in [6.07, 6.45) is 1.52. The Hall–Kier alpha value is -2.40. The monoisotopic (exact) mass is 314 g/mol. The minimum absolute atomic E-state index is 0.351. The molecule has 2 aromatic rings. The summed E-state index contributed by atoms with van der Waals surface area (Å²) in [4.78, 5) is 15.8. The number of benzene rings is 1. The third-order valence-electron chi connectivity index (χ3n) is 3.24. The van der Waals surface area contributed by atoms with Gasteiger partial charge in [0.2, 0.25) is 0 Å². The van der Waals surface area contributed by atoms with Gasteiger partial charge in [0.25, 0.3) is 0 Å². The Labute approximate surface area is 136 Å². The van der Waals surface area contributed by atoms with Crippen molar-refractivity contribution in [3.63, 3.8) is 0 Å². The summed E-state index contributed by atoms with van der Waals surface area (Å²) in [5, 5.41) is 3.23. The van der Waals surface area contributed by atoms with Gasteiger partial charge in [0.15, 0.2) is 0 Å². The molecule has 0 aliphatic heterocycles. The van der Waals surface area contributed by atoms with Gasteiger partial charge in [-0.1, -0.05) is 24.3 Å². The maximum Gasteiger partial charge on any atom is 0.339 e. The Kier molecular flexibility index (Phi) is 6.56. The highest BCUT2D eigenvalue weighted by atomic mass is 16.5. The fraction of sp³-hybridized carbons (Fsp3) is 0.333. The van der Waals surface area contributed by atoms with Crippen molar-refractivity contribution in [2.24, 2.45) is 0 Å². The van der Waals surface area contributed by atoms with E-state index in [0.717, 1.165) is 23.6 Å². The van der Waals surface area contributed by atoms with Gasteiger partial charge in [-0.2, -0.15) is 0 Å². The number of pyridine rings is 1. The normalized spacial score (nSPS) is 10.3. The van der Waals surface area contributed by atoms with Crippen molar-refractivity contribution in [2.75, 3.05) is 18.5 Å². The number of hydrogen-bond acceptors (Lipinski definition) is 5. The minimum Gasteiger partial charge on any atom is -0.462 e. The molecule has 0 saturated carbocycles. The van der Waals surface area contributed by atoms with Gasteiger partial charge in [-0.3, -0.25) is 0 Å². The van der Waals surface area contributed by atoms with Crippen molar-refractivity contribution in [2.45, 2.75) is 27.0 Å². The van der Waals surface area contributed by atoms with E-state index >= 15 is 0 Å². The molecule has 0 fully saturated rings. The number of carbonyl (C=O) groups is 1. The van der Waals surface area contributed by atoms with Crippen LogP contribution in [-0.4, -0.2) is 24.2 Å². The van der Waals surface area contributed by atoms with E-state index in [1.807, 2.05) is 6.92 Å². The third-order valence-corrected chi connectivity index (χ3v) is 3.24. The maximum atomic E-state index is 11.5. The minimum atomic E-state index is -0.351. The SMILES string of the molecule is CCOCc1ccc(CNc2ccc(C(=O)OCC)cn2)cc1. The molecule has 5 nitrogen and oxygen atoms in total. The molecule has 0 aliphatic rings. The number of nitrogens with zero attached hydrogens (tertiary/aromatic N) is 1. The lowest BCUT2D eigenvalue weighted by atomic mass is 10.1. The highest BCUT2D eigenvalue weighted by molar-refractivity contribution is 5.89. The van der Waals surface area contributed by atoms with Crippen LogP contribution in [0, 0.1) is 0 Å². The predicted octanol–water partition coefficient (Wildman–Crippen LogP) is 3.41. The standard InChI is InChI=1S/C18H22N2O3/c1-3-22-13-15-7-5-14(6-8-15)11-19-17-10-9-16(12-20-17)18(21)23-4-2/h5-10,12H,3-4,11,13H2,1-2H3,(H,19,20). The van der Waals surface area contributed by atoms with Crippen LogP contribution in [0.1, 0.15) is 35.3 Å². The van der Waals surface area contributed by atoms with Crippen LogP contribution in [0.3, 0.4) is 0 Å². The van der Waals surface area contributed by atoms with Crippen LogP contribution in [0.5, 0.6) is 0 Å². The molecule has 0 radical (unpaired) electrons. The molecule has 1 N–H and O–H groups in total. The van der Waals surface area contributed by atoms with Crippen molar-refractivity contribution < 1.29 is 14.3 Å². The Morgan fingerprint density at radius 3 is 2.39 bits per heavy atom. The van der Waals surface area contributed by atoms with Gasteiger partial charge in [-0.05, 0) is 37.1 Å². The summed E-state index contributed by atoms with van der Waals surface area (Å²) in [5.74, 6) is 0.368. The molecule has 122 valence electrons. The first-order valence-corrected chi connectivity index (χ1v) is 7.75. The second-order valence-electron chi connectivity index (χ2n) is 4.96. The maximum absolute atomic E-state index is 11.5. The van der Waals surface area contributed by atoms with Gasteiger partial charge < -0.3 is 14.8 Å². The average molecular weight is 314 g/mol. The van der Waals surface area contributed by atoms with E-state index in [9.17, 15) is 4.79 Å². The van der Waals surface area contributed by atoms with Crippen LogP contribution < -0.4 is 5.32 Å². The fourth-order valence-corrected chi connectivity index (χ4v) is 2.00. The molecule has 1 aromatic carbocycles. The molecule has 0 saturated heterocycles. The van der Waals surface area contributed by atoms with Crippen LogP contribution in [0.4, 0.5) is 5.82 Å². The van der Waals surface area contributed by atoms with Crippen molar-refractivity contribution in [1.82, 2.24) is 4.98 Å². The second-order valence-corrected chi connectivity index (χ2v) is 4.96. The van der Waals surface area contributed by atoms with Crippen molar-refractivity contribution in [3.05, 3.63) is 59.3 Å². The lowest BCUT2D eigenvalue weighted by Crippen LogP contribution is -2.06. The number of rotatable bonds is 8. The number of nitrogens with one attached hydrogen (secondary N) is 1. The second kappa shape index (κ2) is 8.90. The molecule has 0 amide bonds. The van der Waals surface area contributed by atoms with Crippen LogP contribution in [0.2, 0.25) is 0 Å². The smallest absolute Gasteiger partial charge is 0.339 e. The third kappa shape index (κ3) is 5.38. The van der Waals surface area contributed by atoms with E-state index in [-0.39, 0.29) is 5.97 Å². The molecular weight excluding hydrogens is 292 g/mol. The number of aromatic nitrogens is 1. The Balaban J connectivity index is 1.86. The molecule has 1 aromatic heterocycles. The Bertz CT molecular complexity index is 609. The van der Waals surface area contributed by atoms with Gasteiger partial charge in [0, 0.05) is 19.3 Å². The Morgan fingerprint density at radius 1 is 1.04 bits per heavy atom. The van der Waals surface area contributed by atoms with Crippen molar-refractivity contribution in [1.29, 1.82) is 0 Å². The fourth-order valence-electron chi connectivity index (χ4n) is 2.00. The van der Waals surface area contributed by atoms with Crippen molar-refractivity contribution >= 4 is 11.8 Å². The molecule has 1 heterocycles. The summed E-state index contributed by atoms with van der Waals surface area (Å²) < 4.78 is 10.3. The quantitative estimate of drug-likeness (QED) is 0.757. The first-order valence-electron chi connectivity index (χ1n) is 7.75. The summed E-state index contributed by atoms with van der Waals surface area (Å²) in [5.41, 5.74) is 2.77. The molecule has 0 unspecified atom stereocenters. The zero-order valence-electron chi connectivity index (χ0n) is 13.5. The largest absolute Gasteiger partial charge is 0.462 e. The van der Waals surface area contributed by atoms with Crippen LogP contribution in [0.15, 0.2) is 42.6 Å². The van der Waals surface area contributed by atoms with Gasteiger partial charge in [-0.25, -0.2) is 9.78 Å². The molecular formula is C18H22N2O3. The average Bonchev–Trinajstić information content (AvgIpc) is 2.59. The van der Waals surface area contributed by atoms with Crippen molar-refractivity contribution in [3.8, 4) is 0 Å². The number of hydrogen-bond donors (Lipinski definition) is 1. The van der Waals surface area contributed by atoms with E-state index in [4.69, 9.17) is 9.47 Å². The predicted molar refractivity (Wildman–Crippen MR) is 89.3 cm³/mol. The first-order chi connectivity index (χ1) is 11.2. The number of ether oxygens (including phenoxy) is 2. The molecule has 0 spiro atoms. The number of esters is 1. The summed E-state index contributed by atoms with van der Waals surface area (Å²) in [6, 6.07) is 11.7. The zero-order valence-corrected chi connectivity index (χ0v) is 13.5. The van der Waals surface area contributed by atoms with Gasteiger partial charge in [0.05, 0.1) is 18.8 Å². The summed E-state index contributed by atoms with van der Waals surface area (Å²) in [7, 11) is 0. The van der Waals surface area contributed by atoms with E-state index in [0.29, 0.717) is 25.3 Å². The number of anilines is 1. The first kappa shape index (κ1) is 17.0. The van der Waals surface area contributed by atoms with E-state index in [2.05, 4.69) is 34.6 Å². The van der Waals surface area contributed by atoms with Crippen LogP contribution >= 0.6 is 0 Å².